The van der Waals surface area contributed by atoms with Crippen LogP contribution in [0.15, 0.2) is 36.4 Å². The number of anilines is 2. The van der Waals surface area contributed by atoms with Crippen molar-refractivity contribution in [3.05, 3.63) is 90.6 Å². The Labute approximate surface area is 238 Å². The van der Waals surface area contributed by atoms with E-state index in [1.54, 1.807) is 0 Å². The molecule has 4 rings (SSSR count). The summed E-state index contributed by atoms with van der Waals surface area (Å²) in [5.74, 6) is -6.21. The van der Waals surface area contributed by atoms with Gasteiger partial charge in [0.25, 0.3) is 0 Å². The first-order valence-corrected chi connectivity index (χ1v) is 12.6. The Morgan fingerprint density at radius 1 is 0.865 bits per heavy atom. The third-order valence-electron chi connectivity index (χ3n) is 5.81. The van der Waals surface area contributed by atoms with Gasteiger partial charge >= 0.3 is 0 Å². The first-order valence-electron chi connectivity index (χ1n) is 10.3. The number of rotatable bonds is 6. The van der Waals surface area contributed by atoms with E-state index in [0.717, 1.165) is 18.2 Å². The molecular weight excluding hydrogens is 618 g/mol. The number of benzene rings is 3. The molecule has 0 heterocycles. The minimum Gasteiger partial charge on any atom is -0.396 e. The van der Waals surface area contributed by atoms with E-state index >= 15 is 0 Å². The van der Waals surface area contributed by atoms with Crippen LogP contribution < -0.4 is 11.1 Å². The Balaban J connectivity index is 1.57. The third kappa shape index (κ3) is 5.49. The van der Waals surface area contributed by atoms with E-state index in [0.29, 0.717) is 11.6 Å². The van der Waals surface area contributed by atoms with Crippen LogP contribution in [0.25, 0.3) is 0 Å². The summed E-state index contributed by atoms with van der Waals surface area (Å²) in [5, 5.41) is 2.32. The van der Waals surface area contributed by atoms with E-state index in [9.17, 15) is 22.8 Å². The first kappa shape index (κ1) is 28.1. The summed E-state index contributed by atoms with van der Waals surface area (Å²) in [6.07, 6.45) is -0.595. The molecule has 1 saturated carbocycles. The molecule has 4 nitrogen and oxygen atoms in total. The summed E-state index contributed by atoms with van der Waals surface area (Å²) in [6, 6.07) is 6.47. The fourth-order valence-electron chi connectivity index (χ4n) is 3.92. The van der Waals surface area contributed by atoms with Crippen molar-refractivity contribution in [2.75, 3.05) is 11.1 Å². The molecule has 3 N–H and O–H groups in total. The summed E-state index contributed by atoms with van der Waals surface area (Å²) < 4.78 is 40.5. The quantitative estimate of drug-likeness (QED) is 0.125. The van der Waals surface area contributed by atoms with Crippen LogP contribution in [0.2, 0.25) is 20.1 Å². The zero-order valence-electron chi connectivity index (χ0n) is 18.1. The number of hydrogen-bond donors (Lipinski definition) is 2. The van der Waals surface area contributed by atoms with Gasteiger partial charge in [0, 0.05) is 29.7 Å². The largest absolute Gasteiger partial charge is 0.396 e. The molecule has 0 aromatic heterocycles. The van der Waals surface area contributed by atoms with E-state index in [-0.39, 0.29) is 37.6 Å². The Bertz CT molecular complexity index is 1440. The van der Waals surface area contributed by atoms with Crippen LogP contribution in [0.1, 0.15) is 27.4 Å². The average Bonchev–Trinajstić information content (AvgIpc) is 3.39. The molecule has 13 heteroatoms. The van der Waals surface area contributed by atoms with Crippen molar-refractivity contribution in [1.82, 2.24) is 0 Å². The monoisotopic (exact) mass is 628 g/mol. The predicted octanol–water partition coefficient (Wildman–Crippen LogP) is 8.25. The topological polar surface area (TPSA) is 72.2 Å². The van der Waals surface area contributed by atoms with Crippen LogP contribution in [0.3, 0.4) is 0 Å². The highest BCUT2D eigenvalue weighted by Crippen LogP contribution is 2.65. The maximum absolute atomic E-state index is 14.5. The molecule has 37 heavy (non-hydrogen) atoms. The molecule has 0 radical (unpaired) electrons. The lowest BCUT2D eigenvalue weighted by atomic mass is 10.0. The van der Waals surface area contributed by atoms with Crippen LogP contribution in [0.5, 0.6) is 0 Å². The van der Waals surface area contributed by atoms with Gasteiger partial charge in [0.15, 0.2) is 5.78 Å². The number of hydrogen-bond acceptors (Lipinski definition) is 3. The zero-order valence-corrected chi connectivity index (χ0v) is 22.7. The number of amides is 1. The highest BCUT2D eigenvalue weighted by molar-refractivity contribution is 6.54. The molecule has 1 aliphatic rings. The first-order chi connectivity index (χ1) is 17.2. The molecule has 3 aromatic rings. The molecule has 3 aromatic carbocycles. The molecule has 0 spiro atoms. The molecule has 1 fully saturated rings. The summed E-state index contributed by atoms with van der Waals surface area (Å²) >= 11 is 36.7. The van der Waals surface area contributed by atoms with Gasteiger partial charge in [-0.15, -0.1) is 23.2 Å². The number of carbonyl (C=O) groups excluding carboxylic acids is 2. The smallest absolute Gasteiger partial charge is 0.231 e. The highest BCUT2D eigenvalue weighted by atomic mass is 35.5. The number of ketones is 1. The van der Waals surface area contributed by atoms with Crippen molar-refractivity contribution in [2.45, 2.75) is 16.7 Å². The standard InChI is InChI=1S/C24H13Cl6F3N2O2/c25-12-1-9(2-13(26)22(12)28)19-20(24(19,29)30)23(37)35-10-5-11(21(27)16(33)6-10)18(36)4-8-3-17(34)15(32)7-14(8)31/h1-3,5-7,19-20H,4,34H2,(H,35,37)/t19-,20+/m0/s1. The fourth-order valence-corrected chi connectivity index (χ4v) is 5.58. The molecule has 0 saturated heterocycles. The highest BCUT2D eigenvalue weighted by Gasteiger charge is 2.67. The molecule has 1 amide bonds. The number of alkyl halides is 2. The predicted molar refractivity (Wildman–Crippen MR) is 141 cm³/mol. The fraction of sp³-hybridized carbons (Fsp3) is 0.167. The molecule has 0 unspecified atom stereocenters. The van der Waals surface area contributed by atoms with E-state index in [4.69, 9.17) is 75.3 Å². The molecule has 0 aliphatic heterocycles. The van der Waals surface area contributed by atoms with Crippen LogP contribution in [-0.2, 0) is 11.2 Å². The number of carbonyl (C=O) groups is 2. The van der Waals surface area contributed by atoms with Crippen molar-refractivity contribution >= 4 is 92.7 Å². The van der Waals surface area contributed by atoms with Crippen molar-refractivity contribution in [1.29, 1.82) is 0 Å². The van der Waals surface area contributed by atoms with Gasteiger partial charge < -0.3 is 11.1 Å². The summed E-state index contributed by atoms with van der Waals surface area (Å²) in [6.45, 7) is 0. The second kappa shape index (κ2) is 10.4. The summed E-state index contributed by atoms with van der Waals surface area (Å²) in [4.78, 5) is 25.8. The maximum atomic E-state index is 14.5. The average molecular weight is 631 g/mol. The zero-order chi connectivity index (χ0) is 27.4. The van der Waals surface area contributed by atoms with Gasteiger partial charge in [-0.2, -0.15) is 0 Å². The number of Topliss-reactive ketones (excluding diaryl/α,β-unsaturated/α-hetero) is 1. The number of nitrogens with two attached hydrogens (primary N) is 1. The van der Waals surface area contributed by atoms with E-state index in [2.05, 4.69) is 5.32 Å². The molecule has 194 valence electrons. The van der Waals surface area contributed by atoms with Gasteiger partial charge in [0.2, 0.25) is 5.91 Å². The normalized spacial score (nSPS) is 18.0. The molecule has 1 aliphatic carbocycles. The van der Waals surface area contributed by atoms with Crippen LogP contribution in [0.4, 0.5) is 24.5 Å². The summed E-state index contributed by atoms with van der Waals surface area (Å²) in [5.41, 5.74) is 4.85. The van der Waals surface area contributed by atoms with Gasteiger partial charge in [-0.1, -0.05) is 46.4 Å². The number of halogens is 9. The van der Waals surface area contributed by atoms with E-state index in [1.807, 2.05) is 0 Å². The third-order valence-corrected chi connectivity index (χ3v) is 8.34. The lowest BCUT2D eigenvalue weighted by molar-refractivity contribution is -0.117. The maximum Gasteiger partial charge on any atom is 0.231 e. The number of nitrogens with one attached hydrogen (secondary N) is 1. The number of nitrogen functional groups attached to an aromatic ring is 1. The van der Waals surface area contributed by atoms with Gasteiger partial charge in [0.05, 0.1) is 31.7 Å². The Hall–Kier alpha value is -1.87. The van der Waals surface area contributed by atoms with Crippen molar-refractivity contribution in [3.8, 4) is 0 Å². The summed E-state index contributed by atoms with van der Waals surface area (Å²) in [7, 11) is 0. The minimum absolute atomic E-state index is 0.125. The molecule has 0 bridgehead atoms. The van der Waals surface area contributed by atoms with Crippen molar-refractivity contribution in [2.24, 2.45) is 5.92 Å². The van der Waals surface area contributed by atoms with Crippen molar-refractivity contribution < 1.29 is 22.8 Å². The van der Waals surface area contributed by atoms with Gasteiger partial charge in [-0.25, -0.2) is 13.2 Å². The van der Waals surface area contributed by atoms with Crippen LogP contribution in [0, 0.1) is 23.4 Å². The van der Waals surface area contributed by atoms with Gasteiger partial charge in [0.1, 0.15) is 21.8 Å². The van der Waals surface area contributed by atoms with Gasteiger partial charge in [-0.05, 0) is 41.5 Å². The minimum atomic E-state index is -1.53. The molecular formula is C24H13Cl6F3N2O2. The van der Waals surface area contributed by atoms with Crippen molar-refractivity contribution in [3.63, 3.8) is 0 Å². The Kier molecular flexibility index (Phi) is 7.88. The molecule has 2 atom stereocenters. The lowest BCUT2D eigenvalue weighted by Crippen LogP contribution is -2.18. The Morgan fingerprint density at radius 3 is 2.11 bits per heavy atom. The van der Waals surface area contributed by atoms with Gasteiger partial charge in [-0.3, -0.25) is 9.59 Å². The second-order valence-electron chi connectivity index (χ2n) is 8.30. The second-order valence-corrected chi connectivity index (χ2v) is 11.3. The SMILES string of the molecule is Nc1cc(CC(=O)c2cc(NC(=O)[C@H]3[C@H](c4cc(Cl)c(Cl)c(Cl)c4)C3(Cl)Cl)cc(F)c2Cl)c(F)cc1F. The van der Waals surface area contributed by atoms with Crippen LogP contribution in [-0.4, -0.2) is 16.0 Å². The Morgan fingerprint density at radius 2 is 1.49 bits per heavy atom. The van der Waals surface area contributed by atoms with E-state index < -0.39 is 56.8 Å². The lowest BCUT2D eigenvalue weighted by Gasteiger charge is -2.11. The van der Waals surface area contributed by atoms with Crippen LogP contribution >= 0.6 is 69.6 Å². The van der Waals surface area contributed by atoms with E-state index in [1.165, 1.54) is 12.1 Å².